The molecule has 1 rings (SSSR count). The van der Waals surface area contributed by atoms with Gasteiger partial charge in [0.25, 0.3) is 5.91 Å². The first-order chi connectivity index (χ1) is 8.12. The van der Waals surface area contributed by atoms with Crippen molar-refractivity contribution in [2.24, 2.45) is 5.73 Å². The highest BCUT2D eigenvalue weighted by Crippen LogP contribution is 2.19. The predicted molar refractivity (Wildman–Crippen MR) is 68.3 cm³/mol. The lowest BCUT2D eigenvalue weighted by Gasteiger charge is -2.16. The van der Waals surface area contributed by atoms with E-state index < -0.39 is 0 Å². The molecular weight excluding hydrogens is 216 g/mol. The van der Waals surface area contributed by atoms with Gasteiger partial charge in [0.1, 0.15) is 5.75 Å². The Balaban J connectivity index is 2.90. The van der Waals surface area contributed by atoms with Gasteiger partial charge in [-0.2, -0.15) is 0 Å². The number of amides is 1. The van der Waals surface area contributed by atoms with Crippen molar-refractivity contribution >= 4 is 5.91 Å². The lowest BCUT2D eigenvalue weighted by atomic mass is 10.1. The third kappa shape index (κ3) is 3.46. The Morgan fingerprint density at radius 2 is 2.24 bits per heavy atom. The summed E-state index contributed by atoms with van der Waals surface area (Å²) in [5.74, 6) is 0.447. The number of carbonyl (C=O) groups is 1. The van der Waals surface area contributed by atoms with E-state index in [1.165, 1.54) is 0 Å². The number of nitrogens with two attached hydrogens (primary N) is 1. The van der Waals surface area contributed by atoms with Crippen LogP contribution in [0, 0.1) is 6.92 Å². The Labute approximate surface area is 102 Å². The summed E-state index contributed by atoms with van der Waals surface area (Å²) in [6, 6.07) is 5.54. The molecule has 0 spiro atoms. The first-order valence-corrected chi connectivity index (χ1v) is 5.78. The molecule has 0 fully saturated rings. The van der Waals surface area contributed by atoms with Crippen molar-refractivity contribution < 1.29 is 9.53 Å². The zero-order valence-corrected chi connectivity index (χ0v) is 10.6. The van der Waals surface area contributed by atoms with Gasteiger partial charge in [-0.1, -0.05) is 18.6 Å². The highest BCUT2D eigenvalue weighted by Gasteiger charge is 2.15. The van der Waals surface area contributed by atoms with E-state index in [0.29, 0.717) is 17.9 Å². The summed E-state index contributed by atoms with van der Waals surface area (Å²) in [6.07, 6.45) is 0.816. The molecule has 17 heavy (non-hydrogen) atoms. The largest absolute Gasteiger partial charge is 0.496 e. The summed E-state index contributed by atoms with van der Waals surface area (Å²) in [6.45, 7) is 4.37. The van der Waals surface area contributed by atoms with Crippen LogP contribution in [0.3, 0.4) is 0 Å². The molecule has 1 unspecified atom stereocenters. The summed E-state index contributed by atoms with van der Waals surface area (Å²) in [4.78, 5) is 12.1. The third-order valence-electron chi connectivity index (χ3n) is 2.71. The van der Waals surface area contributed by atoms with Crippen LogP contribution in [0.15, 0.2) is 18.2 Å². The number of nitrogens with one attached hydrogen (secondary N) is 1. The van der Waals surface area contributed by atoms with Crippen LogP contribution in [0.1, 0.15) is 29.3 Å². The molecule has 0 aliphatic rings. The second-order valence-corrected chi connectivity index (χ2v) is 4.02. The molecule has 0 bridgehead atoms. The number of methoxy groups -OCH3 is 1. The van der Waals surface area contributed by atoms with E-state index in [1.54, 1.807) is 13.2 Å². The van der Waals surface area contributed by atoms with E-state index in [-0.39, 0.29) is 11.9 Å². The molecule has 3 N–H and O–H groups in total. The maximum Gasteiger partial charge on any atom is 0.255 e. The molecular formula is C13H20N2O2. The van der Waals surface area contributed by atoms with Crippen molar-refractivity contribution in [2.75, 3.05) is 13.7 Å². The SMILES string of the molecule is CCC(CN)NC(=O)c1cc(C)ccc1OC. The summed E-state index contributed by atoms with van der Waals surface area (Å²) in [5, 5.41) is 2.89. The van der Waals surface area contributed by atoms with Crippen molar-refractivity contribution in [3.05, 3.63) is 29.3 Å². The zero-order chi connectivity index (χ0) is 12.8. The zero-order valence-electron chi connectivity index (χ0n) is 10.6. The fraction of sp³-hybridized carbons (Fsp3) is 0.462. The fourth-order valence-electron chi connectivity index (χ4n) is 1.59. The van der Waals surface area contributed by atoms with Crippen LogP contribution in [0.4, 0.5) is 0 Å². The number of rotatable bonds is 5. The Bertz CT molecular complexity index is 387. The Morgan fingerprint density at radius 1 is 1.53 bits per heavy atom. The van der Waals surface area contributed by atoms with Gasteiger partial charge in [0.15, 0.2) is 0 Å². The minimum atomic E-state index is -0.136. The molecule has 1 amide bonds. The smallest absolute Gasteiger partial charge is 0.255 e. The molecule has 0 saturated carbocycles. The first kappa shape index (κ1) is 13.5. The van der Waals surface area contributed by atoms with Gasteiger partial charge in [-0.3, -0.25) is 4.79 Å². The van der Waals surface area contributed by atoms with Gasteiger partial charge < -0.3 is 15.8 Å². The molecule has 1 aromatic rings. The number of benzene rings is 1. The number of hydrogen-bond donors (Lipinski definition) is 2. The van der Waals surface area contributed by atoms with Crippen LogP contribution in [0.5, 0.6) is 5.75 Å². The van der Waals surface area contributed by atoms with Crippen molar-refractivity contribution in [1.29, 1.82) is 0 Å². The molecule has 4 nitrogen and oxygen atoms in total. The summed E-state index contributed by atoms with van der Waals surface area (Å²) >= 11 is 0. The van der Waals surface area contributed by atoms with Gasteiger partial charge >= 0.3 is 0 Å². The normalized spacial score (nSPS) is 12.0. The van der Waals surface area contributed by atoms with Crippen LogP contribution in [-0.2, 0) is 0 Å². The number of aryl methyl sites for hydroxylation is 1. The van der Waals surface area contributed by atoms with Gasteiger partial charge in [-0.25, -0.2) is 0 Å². The van der Waals surface area contributed by atoms with E-state index in [0.717, 1.165) is 12.0 Å². The van der Waals surface area contributed by atoms with Gasteiger partial charge in [0.05, 0.1) is 12.7 Å². The van der Waals surface area contributed by atoms with Gasteiger partial charge in [-0.05, 0) is 25.5 Å². The second kappa shape index (κ2) is 6.25. The van der Waals surface area contributed by atoms with Crippen molar-refractivity contribution in [3.63, 3.8) is 0 Å². The lowest BCUT2D eigenvalue weighted by molar-refractivity contribution is 0.0934. The van der Waals surface area contributed by atoms with Crippen molar-refractivity contribution in [1.82, 2.24) is 5.32 Å². The van der Waals surface area contributed by atoms with Crippen molar-refractivity contribution in [3.8, 4) is 5.75 Å². The highest BCUT2D eigenvalue weighted by molar-refractivity contribution is 5.97. The van der Waals surface area contributed by atoms with Crippen LogP contribution in [0.2, 0.25) is 0 Å². The minimum Gasteiger partial charge on any atom is -0.496 e. The monoisotopic (exact) mass is 236 g/mol. The van der Waals surface area contributed by atoms with Gasteiger partial charge in [0.2, 0.25) is 0 Å². The maximum atomic E-state index is 12.1. The van der Waals surface area contributed by atoms with Crippen LogP contribution in [0.25, 0.3) is 0 Å². The van der Waals surface area contributed by atoms with E-state index in [1.807, 2.05) is 26.0 Å². The van der Waals surface area contributed by atoms with E-state index >= 15 is 0 Å². The molecule has 94 valence electrons. The van der Waals surface area contributed by atoms with Gasteiger partial charge in [0, 0.05) is 12.6 Å². The van der Waals surface area contributed by atoms with Crippen LogP contribution in [-0.4, -0.2) is 25.6 Å². The van der Waals surface area contributed by atoms with E-state index in [9.17, 15) is 4.79 Å². The van der Waals surface area contributed by atoms with Gasteiger partial charge in [-0.15, -0.1) is 0 Å². The standard InChI is InChI=1S/C13H20N2O2/c1-4-10(8-14)15-13(16)11-7-9(2)5-6-12(11)17-3/h5-7,10H,4,8,14H2,1-3H3,(H,15,16). The topological polar surface area (TPSA) is 64.3 Å². The Morgan fingerprint density at radius 3 is 2.76 bits per heavy atom. The minimum absolute atomic E-state index is 0.00715. The van der Waals surface area contributed by atoms with Crippen molar-refractivity contribution in [2.45, 2.75) is 26.3 Å². The maximum absolute atomic E-state index is 12.1. The quantitative estimate of drug-likeness (QED) is 0.813. The fourth-order valence-corrected chi connectivity index (χ4v) is 1.59. The second-order valence-electron chi connectivity index (χ2n) is 4.02. The Kier molecular flexibility index (Phi) is 4.97. The molecule has 0 aliphatic heterocycles. The number of carbonyl (C=O) groups excluding carboxylic acids is 1. The van der Waals surface area contributed by atoms with Crippen LogP contribution < -0.4 is 15.8 Å². The number of ether oxygens (including phenoxy) is 1. The molecule has 0 heterocycles. The molecule has 1 aromatic carbocycles. The molecule has 0 saturated heterocycles. The van der Waals surface area contributed by atoms with E-state index in [4.69, 9.17) is 10.5 Å². The summed E-state index contributed by atoms with van der Waals surface area (Å²) in [5.41, 5.74) is 7.14. The predicted octanol–water partition coefficient (Wildman–Crippen LogP) is 1.47. The number of hydrogen-bond acceptors (Lipinski definition) is 3. The summed E-state index contributed by atoms with van der Waals surface area (Å²) in [7, 11) is 1.56. The summed E-state index contributed by atoms with van der Waals surface area (Å²) < 4.78 is 5.18. The lowest BCUT2D eigenvalue weighted by Crippen LogP contribution is -2.39. The average Bonchev–Trinajstić information content (AvgIpc) is 2.35. The average molecular weight is 236 g/mol. The molecule has 1 atom stereocenters. The van der Waals surface area contributed by atoms with Crippen LogP contribution >= 0.6 is 0 Å². The molecule has 0 aromatic heterocycles. The molecule has 4 heteroatoms. The Hall–Kier alpha value is -1.55. The molecule has 0 aliphatic carbocycles. The van der Waals surface area contributed by atoms with E-state index in [2.05, 4.69) is 5.32 Å². The first-order valence-electron chi connectivity index (χ1n) is 5.78. The molecule has 0 radical (unpaired) electrons. The highest BCUT2D eigenvalue weighted by atomic mass is 16.5. The third-order valence-corrected chi connectivity index (χ3v) is 2.71.